The number of allylic oxidation sites excluding steroid dienone is 2. The van der Waals surface area contributed by atoms with Crippen LogP contribution in [-0.2, 0) is 0 Å². The van der Waals surface area contributed by atoms with Gasteiger partial charge < -0.3 is 4.90 Å². The van der Waals surface area contributed by atoms with Crippen molar-refractivity contribution in [3.8, 4) is 0 Å². The Morgan fingerprint density at radius 2 is 1.92 bits per heavy atom. The largest absolute Gasteiger partial charge is 0.345 e. The lowest BCUT2D eigenvalue weighted by molar-refractivity contribution is 1.14. The van der Waals surface area contributed by atoms with Gasteiger partial charge in [0.15, 0.2) is 0 Å². The third-order valence-electron chi connectivity index (χ3n) is 1.93. The molecule has 0 saturated carbocycles. The fourth-order valence-electron chi connectivity index (χ4n) is 1.12. The van der Waals surface area contributed by atoms with Crippen molar-refractivity contribution >= 4 is 5.69 Å². The molecule has 1 heteroatoms. The number of likely N-dealkylation sites (N-methyl/N-ethyl adjacent to an activating group) is 1. The molecule has 0 spiro atoms. The van der Waals surface area contributed by atoms with Crippen molar-refractivity contribution in [3.05, 3.63) is 54.8 Å². The van der Waals surface area contributed by atoms with E-state index in [9.17, 15) is 0 Å². The number of nitrogens with zero attached hydrogens (tertiary/aromatic N) is 1. The summed E-state index contributed by atoms with van der Waals surface area (Å²) in [6.45, 7) is 5.95. The normalized spacial score (nSPS) is 10.3. The Hall–Kier alpha value is -1.50. The predicted molar refractivity (Wildman–Crippen MR) is 58.8 cm³/mol. The van der Waals surface area contributed by atoms with Crippen LogP contribution >= 0.6 is 0 Å². The SMILES string of the molecule is C=C(/C=C\C)N(C)c1ccccc1. The summed E-state index contributed by atoms with van der Waals surface area (Å²) in [5.41, 5.74) is 2.15. The first kappa shape index (κ1) is 9.59. The minimum absolute atomic E-state index is 0.994. The van der Waals surface area contributed by atoms with Crippen LogP contribution < -0.4 is 4.90 Å². The van der Waals surface area contributed by atoms with Crippen LogP contribution in [0.3, 0.4) is 0 Å². The lowest BCUT2D eigenvalue weighted by atomic mass is 10.3. The van der Waals surface area contributed by atoms with E-state index in [1.54, 1.807) is 0 Å². The van der Waals surface area contributed by atoms with E-state index in [1.807, 2.05) is 44.3 Å². The minimum Gasteiger partial charge on any atom is -0.345 e. The van der Waals surface area contributed by atoms with E-state index >= 15 is 0 Å². The highest BCUT2D eigenvalue weighted by atomic mass is 15.1. The molecule has 0 atom stereocenters. The average Bonchev–Trinajstić information content (AvgIpc) is 2.18. The van der Waals surface area contributed by atoms with Crippen LogP contribution in [-0.4, -0.2) is 7.05 Å². The maximum atomic E-state index is 3.96. The van der Waals surface area contributed by atoms with E-state index in [1.165, 1.54) is 0 Å². The fourth-order valence-corrected chi connectivity index (χ4v) is 1.12. The second-order valence-corrected chi connectivity index (χ2v) is 2.89. The summed E-state index contributed by atoms with van der Waals surface area (Å²) in [6.07, 6.45) is 3.98. The Balaban J connectivity index is 2.79. The quantitative estimate of drug-likeness (QED) is 0.634. The topological polar surface area (TPSA) is 3.24 Å². The molecule has 0 N–H and O–H groups in total. The van der Waals surface area contributed by atoms with Crippen molar-refractivity contribution in [2.75, 3.05) is 11.9 Å². The van der Waals surface area contributed by atoms with Gasteiger partial charge in [0.2, 0.25) is 0 Å². The van der Waals surface area contributed by atoms with Gasteiger partial charge in [0, 0.05) is 18.4 Å². The van der Waals surface area contributed by atoms with Crippen molar-refractivity contribution in [3.63, 3.8) is 0 Å². The first-order chi connectivity index (χ1) is 6.25. The highest BCUT2D eigenvalue weighted by Crippen LogP contribution is 2.15. The summed E-state index contributed by atoms with van der Waals surface area (Å²) in [6, 6.07) is 10.2. The summed E-state index contributed by atoms with van der Waals surface area (Å²) in [4.78, 5) is 2.06. The Labute approximate surface area is 80.0 Å². The van der Waals surface area contributed by atoms with Gasteiger partial charge in [-0.1, -0.05) is 30.9 Å². The Morgan fingerprint density at radius 1 is 1.31 bits per heavy atom. The predicted octanol–water partition coefficient (Wildman–Crippen LogP) is 3.21. The van der Waals surface area contributed by atoms with Crippen LogP contribution in [0.2, 0.25) is 0 Å². The molecular weight excluding hydrogens is 158 g/mol. The van der Waals surface area contributed by atoms with Crippen molar-refractivity contribution in [1.29, 1.82) is 0 Å². The molecule has 1 aromatic carbocycles. The molecule has 0 aliphatic heterocycles. The number of hydrogen-bond donors (Lipinski definition) is 0. The number of benzene rings is 1. The van der Waals surface area contributed by atoms with Crippen molar-refractivity contribution in [2.45, 2.75) is 6.92 Å². The number of rotatable bonds is 3. The first-order valence-electron chi connectivity index (χ1n) is 4.36. The number of para-hydroxylation sites is 1. The van der Waals surface area contributed by atoms with Crippen LogP contribution in [0.5, 0.6) is 0 Å². The summed E-state index contributed by atoms with van der Waals surface area (Å²) in [5, 5.41) is 0. The van der Waals surface area contributed by atoms with Gasteiger partial charge in [-0.3, -0.25) is 0 Å². The molecule has 13 heavy (non-hydrogen) atoms. The van der Waals surface area contributed by atoms with Crippen LogP contribution in [0.1, 0.15) is 6.92 Å². The van der Waals surface area contributed by atoms with E-state index in [4.69, 9.17) is 0 Å². The third-order valence-corrected chi connectivity index (χ3v) is 1.93. The molecule has 1 nitrogen and oxygen atoms in total. The molecule has 0 aromatic heterocycles. The molecule has 0 bridgehead atoms. The van der Waals surface area contributed by atoms with Gasteiger partial charge in [-0.05, 0) is 25.1 Å². The van der Waals surface area contributed by atoms with E-state index < -0.39 is 0 Å². The lowest BCUT2D eigenvalue weighted by Gasteiger charge is -2.19. The highest BCUT2D eigenvalue weighted by molar-refractivity contribution is 5.52. The minimum atomic E-state index is 0.994. The maximum Gasteiger partial charge on any atom is 0.0407 e. The molecule has 1 rings (SSSR count). The third kappa shape index (κ3) is 2.48. The van der Waals surface area contributed by atoms with Crippen LogP contribution in [0.4, 0.5) is 5.69 Å². The molecule has 1 aromatic rings. The monoisotopic (exact) mass is 173 g/mol. The van der Waals surface area contributed by atoms with Gasteiger partial charge in [-0.2, -0.15) is 0 Å². The Bertz CT molecular complexity index is 298. The van der Waals surface area contributed by atoms with Gasteiger partial charge in [-0.25, -0.2) is 0 Å². The van der Waals surface area contributed by atoms with Crippen molar-refractivity contribution in [1.82, 2.24) is 0 Å². The second-order valence-electron chi connectivity index (χ2n) is 2.89. The molecule has 0 heterocycles. The number of anilines is 1. The van der Waals surface area contributed by atoms with E-state index in [-0.39, 0.29) is 0 Å². The molecule has 0 radical (unpaired) electrons. The molecule has 0 fully saturated rings. The molecule has 0 amide bonds. The zero-order valence-corrected chi connectivity index (χ0v) is 8.20. The van der Waals surface area contributed by atoms with Crippen molar-refractivity contribution in [2.24, 2.45) is 0 Å². The van der Waals surface area contributed by atoms with Crippen LogP contribution in [0.25, 0.3) is 0 Å². The van der Waals surface area contributed by atoms with Gasteiger partial charge >= 0.3 is 0 Å². The standard InChI is InChI=1S/C12H15N/c1-4-8-11(2)13(3)12-9-6-5-7-10-12/h4-10H,2H2,1,3H3/b8-4-. The van der Waals surface area contributed by atoms with E-state index in [2.05, 4.69) is 23.6 Å². The summed E-state index contributed by atoms with van der Waals surface area (Å²) < 4.78 is 0. The first-order valence-corrected chi connectivity index (χ1v) is 4.36. The van der Waals surface area contributed by atoms with Crippen molar-refractivity contribution < 1.29 is 0 Å². The lowest BCUT2D eigenvalue weighted by Crippen LogP contribution is -2.13. The summed E-state index contributed by atoms with van der Waals surface area (Å²) in [7, 11) is 2.01. The van der Waals surface area contributed by atoms with Crippen LogP contribution in [0.15, 0.2) is 54.8 Å². The molecule has 0 aliphatic rings. The second kappa shape index (κ2) is 4.51. The number of hydrogen-bond acceptors (Lipinski definition) is 1. The maximum absolute atomic E-state index is 3.96. The molecule has 0 unspecified atom stereocenters. The van der Waals surface area contributed by atoms with E-state index in [0.717, 1.165) is 11.4 Å². The summed E-state index contributed by atoms with van der Waals surface area (Å²) in [5.74, 6) is 0. The smallest absolute Gasteiger partial charge is 0.0407 e. The average molecular weight is 173 g/mol. The molecular formula is C12H15N. The van der Waals surface area contributed by atoms with Crippen LogP contribution in [0, 0.1) is 0 Å². The molecule has 0 aliphatic carbocycles. The highest BCUT2D eigenvalue weighted by Gasteiger charge is 1.99. The van der Waals surface area contributed by atoms with E-state index in [0.29, 0.717) is 0 Å². The molecule has 0 saturated heterocycles. The van der Waals surface area contributed by atoms with Gasteiger partial charge in [0.05, 0.1) is 0 Å². The van der Waals surface area contributed by atoms with Gasteiger partial charge in [0.1, 0.15) is 0 Å². The molecule has 68 valence electrons. The zero-order valence-electron chi connectivity index (χ0n) is 8.20. The van der Waals surface area contributed by atoms with Gasteiger partial charge in [0.25, 0.3) is 0 Å². The van der Waals surface area contributed by atoms with Gasteiger partial charge in [-0.15, -0.1) is 0 Å². The zero-order chi connectivity index (χ0) is 9.68. The Morgan fingerprint density at radius 3 is 2.46 bits per heavy atom. The Kier molecular flexibility index (Phi) is 3.32. The fraction of sp³-hybridized carbons (Fsp3) is 0.167. The summed E-state index contributed by atoms with van der Waals surface area (Å²) >= 11 is 0.